The van der Waals surface area contributed by atoms with Crippen LogP contribution < -0.4 is 5.32 Å². The zero-order chi connectivity index (χ0) is 13.7. The molecule has 4 heteroatoms. The molecule has 1 N–H and O–H groups in total. The number of amides is 2. The molecule has 3 aliphatic rings. The lowest BCUT2D eigenvalue weighted by Gasteiger charge is -2.40. The van der Waals surface area contributed by atoms with Gasteiger partial charge in [-0.1, -0.05) is 20.8 Å². The van der Waals surface area contributed by atoms with E-state index < -0.39 is 0 Å². The first kappa shape index (κ1) is 13.6. The number of fused-ring (bicyclic) bond motifs is 2. The maximum absolute atomic E-state index is 12.4. The second-order valence-electron chi connectivity index (χ2n) is 7.21. The molecule has 1 saturated heterocycles. The molecule has 3 fully saturated rings. The topological polar surface area (TPSA) is 32.3 Å². The van der Waals surface area contributed by atoms with E-state index in [9.17, 15) is 4.79 Å². The van der Waals surface area contributed by atoms with Crippen molar-refractivity contribution in [1.29, 1.82) is 0 Å². The Morgan fingerprint density at radius 1 is 1.26 bits per heavy atom. The highest BCUT2D eigenvalue weighted by molar-refractivity contribution is 7.99. The number of nitrogens with zero attached hydrogens (tertiary/aromatic N) is 1. The van der Waals surface area contributed by atoms with Crippen LogP contribution >= 0.6 is 11.8 Å². The van der Waals surface area contributed by atoms with Gasteiger partial charge in [-0.3, -0.25) is 0 Å². The first-order chi connectivity index (χ1) is 8.95. The van der Waals surface area contributed by atoms with Gasteiger partial charge in [-0.05, 0) is 36.0 Å². The zero-order valence-electron chi connectivity index (χ0n) is 12.4. The summed E-state index contributed by atoms with van der Waals surface area (Å²) in [7, 11) is 0. The van der Waals surface area contributed by atoms with Crippen molar-refractivity contribution in [2.75, 3.05) is 24.6 Å². The molecule has 2 amide bonds. The van der Waals surface area contributed by atoms with Gasteiger partial charge < -0.3 is 10.2 Å². The summed E-state index contributed by atoms with van der Waals surface area (Å²) in [5.74, 6) is 2.96. The van der Waals surface area contributed by atoms with E-state index in [1.54, 1.807) is 0 Å². The van der Waals surface area contributed by atoms with Crippen LogP contribution in [0.25, 0.3) is 0 Å². The molecule has 19 heavy (non-hydrogen) atoms. The van der Waals surface area contributed by atoms with Crippen LogP contribution in [0.4, 0.5) is 4.79 Å². The Kier molecular flexibility index (Phi) is 3.27. The van der Waals surface area contributed by atoms with Crippen LogP contribution in [0.1, 0.15) is 40.0 Å². The van der Waals surface area contributed by atoms with Gasteiger partial charge in [-0.15, -0.1) is 0 Å². The van der Waals surface area contributed by atoms with Crippen LogP contribution in [0, 0.1) is 16.7 Å². The summed E-state index contributed by atoms with van der Waals surface area (Å²) < 4.78 is 0. The van der Waals surface area contributed by atoms with Gasteiger partial charge in [0.2, 0.25) is 0 Å². The summed E-state index contributed by atoms with van der Waals surface area (Å²) in [4.78, 5) is 14.4. The minimum absolute atomic E-state index is 0.176. The molecule has 1 aliphatic heterocycles. The molecule has 108 valence electrons. The van der Waals surface area contributed by atoms with Gasteiger partial charge in [-0.2, -0.15) is 11.8 Å². The van der Waals surface area contributed by atoms with Crippen molar-refractivity contribution >= 4 is 17.8 Å². The van der Waals surface area contributed by atoms with Crippen LogP contribution in [0.5, 0.6) is 0 Å². The van der Waals surface area contributed by atoms with Crippen LogP contribution in [-0.2, 0) is 0 Å². The Bertz CT molecular complexity index is 378. The van der Waals surface area contributed by atoms with E-state index in [0.29, 0.717) is 11.5 Å². The number of hydrogen-bond donors (Lipinski definition) is 1. The molecule has 0 spiro atoms. The summed E-state index contributed by atoms with van der Waals surface area (Å²) >= 11 is 1.95. The van der Waals surface area contributed by atoms with E-state index in [1.807, 2.05) is 16.7 Å². The minimum Gasteiger partial charge on any atom is -0.335 e. The number of hydrogen-bond acceptors (Lipinski definition) is 2. The van der Waals surface area contributed by atoms with Gasteiger partial charge in [0.05, 0.1) is 0 Å². The van der Waals surface area contributed by atoms with Crippen LogP contribution in [0.2, 0.25) is 0 Å². The molecule has 1 heterocycles. The molecule has 2 aliphatic carbocycles. The monoisotopic (exact) mass is 282 g/mol. The third-order valence-electron chi connectivity index (χ3n) is 6.39. The maximum atomic E-state index is 12.4. The van der Waals surface area contributed by atoms with Crippen molar-refractivity contribution in [1.82, 2.24) is 10.2 Å². The summed E-state index contributed by atoms with van der Waals surface area (Å²) in [6, 6.07) is 0.554. The highest BCUT2D eigenvalue weighted by atomic mass is 32.2. The quantitative estimate of drug-likeness (QED) is 0.802. The fraction of sp³-hybridized carbons (Fsp3) is 0.933. The van der Waals surface area contributed by atoms with E-state index in [2.05, 4.69) is 26.1 Å². The Morgan fingerprint density at radius 2 is 1.95 bits per heavy atom. The summed E-state index contributed by atoms with van der Waals surface area (Å²) in [5, 5.41) is 3.35. The van der Waals surface area contributed by atoms with Gasteiger partial charge in [0.1, 0.15) is 0 Å². The number of urea groups is 1. The zero-order valence-corrected chi connectivity index (χ0v) is 13.2. The summed E-state index contributed by atoms with van der Waals surface area (Å²) in [6.07, 6.45) is 3.79. The van der Waals surface area contributed by atoms with Gasteiger partial charge in [0.15, 0.2) is 0 Å². The first-order valence-electron chi connectivity index (χ1n) is 7.58. The van der Waals surface area contributed by atoms with E-state index in [4.69, 9.17) is 0 Å². The highest BCUT2D eigenvalue weighted by Crippen LogP contribution is 2.65. The smallest absolute Gasteiger partial charge is 0.317 e. The summed E-state index contributed by atoms with van der Waals surface area (Å²) in [6.45, 7) is 9.00. The van der Waals surface area contributed by atoms with Crippen molar-refractivity contribution in [3.05, 3.63) is 0 Å². The number of thioether (sulfide) groups is 1. The largest absolute Gasteiger partial charge is 0.335 e. The molecule has 0 aromatic heterocycles. The van der Waals surface area contributed by atoms with E-state index in [0.717, 1.165) is 30.5 Å². The van der Waals surface area contributed by atoms with Crippen LogP contribution in [0.15, 0.2) is 0 Å². The van der Waals surface area contributed by atoms with Crippen molar-refractivity contribution < 1.29 is 4.79 Å². The normalized spacial score (nSPS) is 40.5. The molecule has 0 aromatic carbocycles. The Hall–Kier alpha value is -0.380. The average molecular weight is 282 g/mol. The molecule has 3 atom stereocenters. The van der Waals surface area contributed by atoms with Crippen molar-refractivity contribution in [3.63, 3.8) is 0 Å². The van der Waals surface area contributed by atoms with Crippen molar-refractivity contribution in [3.8, 4) is 0 Å². The molecule has 2 bridgehead atoms. The lowest BCUT2D eigenvalue weighted by atomic mass is 9.69. The van der Waals surface area contributed by atoms with E-state index in [1.165, 1.54) is 19.3 Å². The van der Waals surface area contributed by atoms with E-state index in [-0.39, 0.29) is 11.4 Å². The predicted octanol–water partition coefficient (Wildman–Crippen LogP) is 2.96. The number of rotatable bonds is 1. The second kappa shape index (κ2) is 4.57. The van der Waals surface area contributed by atoms with Crippen LogP contribution in [-0.4, -0.2) is 41.6 Å². The van der Waals surface area contributed by atoms with Crippen LogP contribution in [0.3, 0.4) is 0 Å². The van der Waals surface area contributed by atoms with Crippen molar-refractivity contribution in [2.45, 2.75) is 46.1 Å². The molecular weight excluding hydrogens is 256 g/mol. The number of carbonyl (C=O) groups excluding carboxylic acids is 1. The van der Waals surface area contributed by atoms with Gasteiger partial charge >= 0.3 is 6.03 Å². The lowest BCUT2D eigenvalue weighted by Crippen LogP contribution is -2.52. The SMILES string of the molecule is CC1(C)C2CCC1(C)C(NC(=O)N1CCSCC1)C2. The van der Waals surface area contributed by atoms with Crippen molar-refractivity contribution in [2.24, 2.45) is 16.7 Å². The third kappa shape index (κ3) is 1.98. The summed E-state index contributed by atoms with van der Waals surface area (Å²) in [5.41, 5.74) is 0.667. The maximum Gasteiger partial charge on any atom is 0.317 e. The first-order valence-corrected chi connectivity index (χ1v) is 8.74. The fourth-order valence-electron chi connectivity index (χ4n) is 4.43. The molecular formula is C15H26N2OS. The second-order valence-corrected chi connectivity index (χ2v) is 8.44. The fourth-order valence-corrected chi connectivity index (χ4v) is 5.33. The number of nitrogens with one attached hydrogen (secondary N) is 1. The lowest BCUT2D eigenvalue weighted by molar-refractivity contribution is 0.118. The molecule has 2 saturated carbocycles. The van der Waals surface area contributed by atoms with Gasteiger partial charge in [0, 0.05) is 30.6 Å². The number of carbonyl (C=O) groups is 1. The molecule has 3 rings (SSSR count). The molecule has 3 nitrogen and oxygen atoms in total. The Labute approximate surface area is 120 Å². The predicted molar refractivity (Wildman–Crippen MR) is 80.4 cm³/mol. The molecule has 0 radical (unpaired) electrons. The average Bonchev–Trinajstić information content (AvgIpc) is 2.73. The van der Waals surface area contributed by atoms with E-state index >= 15 is 0 Å². The Balaban J connectivity index is 1.66. The van der Waals surface area contributed by atoms with Gasteiger partial charge in [-0.25, -0.2) is 4.79 Å². The molecule has 0 aromatic rings. The standard InChI is InChI=1S/C15H26N2OS/c1-14(2)11-4-5-15(14,3)12(10-11)16-13(18)17-6-8-19-9-7-17/h11-12H,4-10H2,1-3H3,(H,16,18). The Morgan fingerprint density at radius 3 is 2.47 bits per heavy atom. The highest BCUT2D eigenvalue weighted by Gasteiger charge is 2.61. The third-order valence-corrected chi connectivity index (χ3v) is 7.33. The van der Waals surface area contributed by atoms with Gasteiger partial charge in [0.25, 0.3) is 0 Å². The minimum atomic E-state index is 0.176. The molecule has 3 unspecified atom stereocenters.